The van der Waals surface area contributed by atoms with Crippen molar-refractivity contribution >= 4 is 11.4 Å². The van der Waals surface area contributed by atoms with Crippen LogP contribution in [0.2, 0.25) is 0 Å². The number of nitrogens with zero attached hydrogens (tertiary/aromatic N) is 2. The molecule has 0 spiro atoms. The molecule has 0 aliphatic rings. The minimum absolute atomic E-state index is 0.0624. The van der Waals surface area contributed by atoms with Crippen molar-refractivity contribution in [2.45, 2.75) is 13.0 Å². The zero-order chi connectivity index (χ0) is 14.5. The molecule has 0 saturated heterocycles. The van der Waals surface area contributed by atoms with Crippen LogP contribution >= 0.6 is 0 Å². The number of nitrogen functional groups attached to an aromatic ring is 1. The number of hydrogen-bond acceptors (Lipinski definition) is 3. The molecule has 5 heteroatoms. The van der Waals surface area contributed by atoms with Gasteiger partial charge in [0.2, 0.25) is 0 Å². The number of rotatable bonds is 5. The van der Waals surface area contributed by atoms with Crippen molar-refractivity contribution in [2.24, 2.45) is 0 Å². The molecule has 0 fully saturated rings. The van der Waals surface area contributed by atoms with Crippen LogP contribution in [0.15, 0.2) is 47.4 Å². The van der Waals surface area contributed by atoms with E-state index < -0.39 is 0 Å². The summed E-state index contributed by atoms with van der Waals surface area (Å²) < 4.78 is 14.7. The maximum atomic E-state index is 13.1. The number of benzene rings is 1. The van der Waals surface area contributed by atoms with Gasteiger partial charge in [-0.1, -0.05) is 6.07 Å². The zero-order valence-electron chi connectivity index (χ0n) is 11.4. The van der Waals surface area contributed by atoms with Crippen LogP contribution in [0.4, 0.5) is 15.8 Å². The molecule has 1 aromatic heterocycles. The van der Waals surface area contributed by atoms with E-state index in [4.69, 9.17) is 5.73 Å². The van der Waals surface area contributed by atoms with Gasteiger partial charge in [0.05, 0.1) is 0 Å². The largest absolute Gasteiger partial charge is 0.398 e. The second kappa shape index (κ2) is 6.23. The highest BCUT2D eigenvalue weighted by Crippen LogP contribution is 2.14. The minimum atomic E-state index is -0.249. The molecule has 2 aromatic rings. The Morgan fingerprint density at radius 3 is 2.85 bits per heavy atom. The van der Waals surface area contributed by atoms with Gasteiger partial charge in [0.1, 0.15) is 5.82 Å². The van der Waals surface area contributed by atoms with Crippen molar-refractivity contribution in [3.05, 3.63) is 58.8 Å². The van der Waals surface area contributed by atoms with E-state index in [1.54, 1.807) is 22.9 Å². The smallest absolute Gasteiger partial charge is 0.250 e. The van der Waals surface area contributed by atoms with E-state index in [0.717, 1.165) is 18.7 Å². The van der Waals surface area contributed by atoms with Crippen molar-refractivity contribution in [3.63, 3.8) is 0 Å². The first-order valence-electron chi connectivity index (χ1n) is 6.49. The summed E-state index contributed by atoms with van der Waals surface area (Å²) in [4.78, 5) is 13.6. The lowest BCUT2D eigenvalue weighted by molar-refractivity contribution is 0.615. The minimum Gasteiger partial charge on any atom is -0.398 e. The van der Waals surface area contributed by atoms with Gasteiger partial charge in [-0.15, -0.1) is 0 Å². The van der Waals surface area contributed by atoms with Crippen LogP contribution in [0.3, 0.4) is 0 Å². The first kappa shape index (κ1) is 14.1. The Kier molecular flexibility index (Phi) is 4.40. The van der Waals surface area contributed by atoms with Gasteiger partial charge in [-0.25, -0.2) is 4.39 Å². The summed E-state index contributed by atoms with van der Waals surface area (Å²) in [7, 11) is 1.90. The summed E-state index contributed by atoms with van der Waals surface area (Å²) in [5, 5.41) is 0. The Morgan fingerprint density at radius 2 is 2.10 bits per heavy atom. The zero-order valence-corrected chi connectivity index (χ0v) is 11.4. The van der Waals surface area contributed by atoms with Gasteiger partial charge in [0.15, 0.2) is 0 Å². The summed E-state index contributed by atoms with van der Waals surface area (Å²) in [5.41, 5.74) is 6.99. The Hall–Kier alpha value is -2.30. The van der Waals surface area contributed by atoms with Crippen LogP contribution < -0.4 is 16.2 Å². The molecule has 0 aliphatic carbocycles. The van der Waals surface area contributed by atoms with E-state index in [0.29, 0.717) is 12.2 Å². The first-order chi connectivity index (χ1) is 9.56. The van der Waals surface area contributed by atoms with Gasteiger partial charge in [0.25, 0.3) is 5.56 Å². The fourth-order valence-electron chi connectivity index (χ4n) is 2.05. The van der Waals surface area contributed by atoms with Crippen LogP contribution in [0.1, 0.15) is 6.42 Å². The highest BCUT2D eigenvalue weighted by Gasteiger charge is 2.03. The van der Waals surface area contributed by atoms with Crippen LogP contribution in [0, 0.1) is 5.82 Å². The van der Waals surface area contributed by atoms with Crippen molar-refractivity contribution in [1.82, 2.24) is 4.57 Å². The number of halogens is 1. The van der Waals surface area contributed by atoms with Crippen molar-refractivity contribution in [2.75, 3.05) is 24.2 Å². The number of aromatic nitrogens is 1. The molecular weight excluding hydrogens is 257 g/mol. The van der Waals surface area contributed by atoms with Gasteiger partial charge >= 0.3 is 0 Å². The van der Waals surface area contributed by atoms with Gasteiger partial charge < -0.3 is 15.2 Å². The molecule has 4 nitrogen and oxygen atoms in total. The Morgan fingerprint density at radius 1 is 1.30 bits per heavy atom. The molecule has 1 aromatic carbocycles. The third kappa shape index (κ3) is 3.60. The predicted molar refractivity (Wildman–Crippen MR) is 79.4 cm³/mol. The Bertz CT molecular complexity index is 639. The fourth-order valence-corrected chi connectivity index (χ4v) is 2.05. The van der Waals surface area contributed by atoms with Gasteiger partial charge in [-0.3, -0.25) is 4.79 Å². The summed E-state index contributed by atoms with van der Waals surface area (Å²) in [6.45, 7) is 1.31. The molecule has 0 unspecified atom stereocenters. The number of aryl methyl sites for hydroxylation is 1. The fraction of sp³-hybridized carbons (Fsp3) is 0.267. The van der Waals surface area contributed by atoms with E-state index in [2.05, 4.69) is 0 Å². The SMILES string of the molecule is CN(CCCn1cc(N)ccc1=O)c1cccc(F)c1. The highest BCUT2D eigenvalue weighted by molar-refractivity contribution is 5.45. The molecule has 1 heterocycles. The molecule has 2 N–H and O–H groups in total. The highest BCUT2D eigenvalue weighted by atomic mass is 19.1. The molecule has 0 bridgehead atoms. The molecule has 106 valence electrons. The molecule has 0 aliphatic heterocycles. The lowest BCUT2D eigenvalue weighted by atomic mass is 10.2. The number of hydrogen-bond donors (Lipinski definition) is 1. The molecule has 0 saturated carbocycles. The monoisotopic (exact) mass is 275 g/mol. The quantitative estimate of drug-likeness (QED) is 0.909. The lowest BCUT2D eigenvalue weighted by Gasteiger charge is -2.19. The van der Waals surface area contributed by atoms with E-state index in [9.17, 15) is 9.18 Å². The molecule has 20 heavy (non-hydrogen) atoms. The normalized spacial score (nSPS) is 10.5. The third-order valence-electron chi connectivity index (χ3n) is 3.15. The van der Waals surface area contributed by atoms with E-state index in [1.807, 2.05) is 18.0 Å². The van der Waals surface area contributed by atoms with Crippen LogP contribution in [0.25, 0.3) is 0 Å². The number of anilines is 2. The van der Waals surface area contributed by atoms with Crippen LogP contribution in [0.5, 0.6) is 0 Å². The summed E-state index contributed by atoms with van der Waals surface area (Å²) >= 11 is 0. The van der Waals surface area contributed by atoms with E-state index in [1.165, 1.54) is 18.2 Å². The maximum Gasteiger partial charge on any atom is 0.250 e. The van der Waals surface area contributed by atoms with Gasteiger partial charge in [0, 0.05) is 43.8 Å². The third-order valence-corrected chi connectivity index (χ3v) is 3.15. The van der Waals surface area contributed by atoms with Crippen LogP contribution in [-0.4, -0.2) is 18.2 Å². The standard InChI is InChI=1S/C15H18FN3O/c1-18(14-5-2-4-12(16)10-14)8-3-9-19-11-13(17)6-7-15(19)20/h2,4-7,10-11H,3,8-9,17H2,1H3. The van der Waals surface area contributed by atoms with Gasteiger partial charge in [-0.05, 0) is 30.7 Å². The second-order valence-corrected chi connectivity index (χ2v) is 4.75. The molecule has 0 atom stereocenters. The predicted octanol–water partition coefficient (Wildman–Crippen LogP) is 2.10. The van der Waals surface area contributed by atoms with Gasteiger partial charge in [-0.2, -0.15) is 0 Å². The topological polar surface area (TPSA) is 51.3 Å². The molecule has 0 amide bonds. The van der Waals surface area contributed by atoms with E-state index >= 15 is 0 Å². The average Bonchev–Trinajstić information content (AvgIpc) is 2.42. The Labute approximate surface area is 117 Å². The summed E-state index contributed by atoms with van der Waals surface area (Å²) in [6, 6.07) is 9.51. The maximum absolute atomic E-state index is 13.1. The first-order valence-corrected chi connectivity index (χ1v) is 6.49. The second-order valence-electron chi connectivity index (χ2n) is 4.75. The molecule has 0 radical (unpaired) electrons. The average molecular weight is 275 g/mol. The number of nitrogens with two attached hydrogens (primary N) is 1. The number of pyridine rings is 1. The molecule has 2 rings (SSSR count). The van der Waals surface area contributed by atoms with Crippen LogP contribution in [-0.2, 0) is 6.54 Å². The van der Waals surface area contributed by atoms with Crippen molar-refractivity contribution in [1.29, 1.82) is 0 Å². The summed E-state index contributed by atoms with van der Waals surface area (Å²) in [5.74, 6) is -0.249. The summed E-state index contributed by atoms with van der Waals surface area (Å²) in [6.07, 6.45) is 2.42. The van der Waals surface area contributed by atoms with E-state index in [-0.39, 0.29) is 11.4 Å². The van der Waals surface area contributed by atoms with Crippen molar-refractivity contribution < 1.29 is 4.39 Å². The Balaban J connectivity index is 1.92. The molecular formula is C15H18FN3O. The lowest BCUT2D eigenvalue weighted by Crippen LogP contribution is -2.24. The van der Waals surface area contributed by atoms with Crippen molar-refractivity contribution in [3.8, 4) is 0 Å².